The molecule has 20 heavy (non-hydrogen) atoms. The molecule has 0 fully saturated rings. The summed E-state index contributed by atoms with van der Waals surface area (Å²) < 4.78 is 27.3. The molecule has 0 aliphatic rings. The maximum atomic E-state index is 12.0. The third-order valence-corrected chi connectivity index (χ3v) is 4.91. The fraction of sp³-hybridized carbons (Fsp3) is 0.214. The van der Waals surface area contributed by atoms with E-state index in [2.05, 4.69) is 25.6 Å². The zero-order chi connectivity index (χ0) is 14.6. The number of aryl methyl sites for hydroxylation is 2. The minimum Gasteiger partial charge on any atom is -0.282 e. The van der Waals surface area contributed by atoms with Crippen molar-refractivity contribution in [1.82, 2.24) is 4.98 Å². The molecule has 0 bridgehead atoms. The summed E-state index contributed by atoms with van der Waals surface area (Å²) in [5.41, 5.74) is 2.37. The van der Waals surface area contributed by atoms with Gasteiger partial charge in [0.15, 0.2) is 0 Å². The highest BCUT2D eigenvalue weighted by Crippen LogP contribution is 2.17. The molecule has 0 saturated heterocycles. The second-order valence-corrected chi connectivity index (χ2v) is 7.08. The first-order valence-electron chi connectivity index (χ1n) is 6.13. The van der Waals surface area contributed by atoms with Crippen LogP contribution < -0.4 is 4.72 Å². The molecule has 0 aliphatic carbocycles. The first kappa shape index (κ1) is 15.0. The zero-order valence-electron chi connectivity index (χ0n) is 11.0. The minimum atomic E-state index is -3.37. The van der Waals surface area contributed by atoms with E-state index in [-0.39, 0.29) is 5.75 Å². The first-order valence-corrected chi connectivity index (χ1v) is 8.57. The van der Waals surface area contributed by atoms with E-state index < -0.39 is 10.0 Å². The second-order valence-electron chi connectivity index (χ2n) is 4.49. The monoisotopic (exact) mass is 354 g/mol. The summed E-state index contributed by atoms with van der Waals surface area (Å²) in [6, 6.07) is 11.3. The van der Waals surface area contributed by atoms with E-state index in [1.807, 2.05) is 37.3 Å². The van der Waals surface area contributed by atoms with Gasteiger partial charge in [0.2, 0.25) is 10.0 Å². The van der Waals surface area contributed by atoms with Gasteiger partial charge in [-0.25, -0.2) is 13.4 Å². The Balaban J connectivity index is 2.02. The third-order valence-electron chi connectivity index (χ3n) is 2.79. The number of rotatable bonds is 5. The van der Waals surface area contributed by atoms with Crippen LogP contribution in [0.2, 0.25) is 0 Å². The minimum absolute atomic E-state index is 0.0477. The summed E-state index contributed by atoms with van der Waals surface area (Å²) in [5, 5.41) is 0. The summed E-state index contributed by atoms with van der Waals surface area (Å²) in [6.07, 6.45) is 1.98. The van der Waals surface area contributed by atoms with Crippen LogP contribution in [0.4, 0.5) is 5.69 Å². The molecule has 0 saturated carbocycles. The number of nitrogens with one attached hydrogen (secondary N) is 1. The molecule has 0 amide bonds. The molecule has 106 valence electrons. The maximum Gasteiger partial charge on any atom is 0.233 e. The summed E-state index contributed by atoms with van der Waals surface area (Å²) >= 11 is 3.28. The van der Waals surface area contributed by atoms with Gasteiger partial charge in [-0.15, -0.1) is 0 Å². The van der Waals surface area contributed by atoms with Crippen LogP contribution in [0.3, 0.4) is 0 Å². The van der Waals surface area contributed by atoms with Crippen LogP contribution in [0.25, 0.3) is 0 Å². The van der Waals surface area contributed by atoms with Gasteiger partial charge in [-0.3, -0.25) is 4.72 Å². The molecule has 0 spiro atoms. The Hall–Kier alpha value is -1.40. The predicted molar refractivity (Wildman–Crippen MR) is 84.2 cm³/mol. The van der Waals surface area contributed by atoms with E-state index in [4.69, 9.17) is 0 Å². The van der Waals surface area contributed by atoms with Crippen LogP contribution in [0.15, 0.2) is 47.2 Å². The van der Waals surface area contributed by atoms with Gasteiger partial charge in [-0.2, -0.15) is 0 Å². The zero-order valence-corrected chi connectivity index (χ0v) is 13.4. The van der Waals surface area contributed by atoms with Crippen molar-refractivity contribution in [3.05, 3.63) is 58.3 Å². The van der Waals surface area contributed by atoms with Gasteiger partial charge >= 0.3 is 0 Å². The number of sulfonamides is 1. The van der Waals surface area contributed by atoms with Crippen molar-refractivity contribution < 1.29 is 8.42 Å². The number of hydrogen-bond acceptors (Lipinski definition) is 3. The Morgan fingerprint density at radius 3 is 2.60 bits per heavy atom. The largest absolute Gasteiger partial charge is 0.282 e. The molecule has 1 N–H and O–H groups in total. The van der Waals surface area contributed by atoms with E-state index in [1.165, 1.54) is 6.20 Å². The number of aromatic nitrogens is 1. The standard InChI is InChI=1S/C14H15BrN2O2S/c1-11-9-13(10-16-14(11)15)17-20(18,19)8-7-12-5-3-2-4-6-12/h2-6,9-10,17H,7-8H2,1H3. The number of halogens is 1. The van der Waals surface area contributed by atoms with Crippen LogP contribution in [0, 0.1) is 6.92 Å². The van der Waals surface area contributed by atoms with Crippen molar-refractivity contribution in [1.29, 1.82) is 0 Å². The smallest absolute Gasteiger partial charge is 0.233 e. The van der Waals surface area contributed by atoms with Gasteiger partial charge in [0.25, 0.3) is 0 Å². The molecular weight excluding hydrogens is 340 g/mol. The molecule has 0 atom stereocenters. The molecule has 1 aromatic heterocycles. The van der Waals surface area contributed by atoms with Crippen LogP contribution in [-0.4, -0.2) is 19.2 Å². The highest BCUT2D eigenvalue weighted by molar-refractivity contribution is 9.10. The summed E-state index contributed by atoms with van der Waals surface area (Å²) in [6.45, 7) is 1.86. The quantitative estimate of drug-likeness (QED) is 0.839. The molecule has 6 heteroatoms. The Morgan fingerprint density at radius 1 is 1.25 bits per heavy atom. The van der Waals surface area contributed by atoms with Crippen LogP contribution >= 0.6 is 15.9 Å². The van der Waals surface area contributed by atoms with Crippen molar-refractivity contribution in [3.63, 3.8) is 0 Å². The molecular formula is C14H15BrN2O2S. The SMILES string of the molecule is Cc1cc(NS(=O)(=O)CCc2ccccc2)cnc1Br. The summed E-state index contributed by atoms with van der Waals surface area (Å²) in [7, 11) is -3.37. The molecule has 2 rings (SSSR count). The van der Waals surface area contributed by atoms with Crippen molar-refractivity contribution in [3.8, 4) is 0 Å². The number of benzene rings is 1. The molecule has 1 heterocycles. The lowest BCUT2D eigenvalue weighted by Crippen LogP contribution is -2.18. The van der Waals surface area contributed by atoms with E-state index in [0.29, 0.717) is 16.7 Å². The van der Waals surface area contributed by atoms with Crippen LogP contribution in [0.1, 0.15) is 11.1 Å². The molecule has 1 aromatic carbocycles. The van der Waals surface area contributed by atoms with Gasteiger partial charge in [0.1, 0.15) is 4.60 Å². The normalized spacial score (nSPS) is 11.3. The van der Waals surface area contributed by atoms with Crippen molar-refractivity contribution in [2.45, 2.75) is 13.3 Å². The van der Waals surface area contributed by atoms with Crippen molar-refractivity contribution >= 4 is 31.6 Å². The van der Waals surface area contributed by atoms with Gasteiger partial charge in [-0.1, -0.05) is 30.3 Å². The number of pyridine rings is 1. The van der Waals surface area contributed by atoms with Crippen LogP contribution in [0.5, 0.6) is 0 Å². The summed E-state index contributed by atoms with van der Waals surface area (Å²) in [4.78, 5) is 4.07. The second kappa shape index (κ2) is 6.37. The van der Waals surface area contributed by atoms with Gasteiger partial charge < -0.3 is 0 Å². The van der Waals surface area contributed by atoms with E-state index in [9.17, 15) is 8.42 Å². The van der Waals surface area contributed by atoms with Gasteiger partial charge in [0.05, 0.1) is 17.6 Å². The van der Waals surface area contributed by atoms with E-state index in [0.717, 1.165) is 11.1 Å². The molecule has 0 radical (unpaired) electrons. The average Bonchev–Trinajstić information content (AvgIpc) is 2.42. The highest BCUT2D eigenvalue weighted by atomic mass is 79.9. The predicted octanol–water partition coefficient (Wildman–Crippen LogP) is 3.14. The van der Waals surface area contributed by atoms with E-state index >= 15 is 0 Å². The van der Waals surface area contributed by atoms with E-state index in [1.54, 1.807) is 6.07 Å². The Labute approximate surface area is 127 Å². The van der Waals surface area contributed by atoms with Crippen molar-refractivity contribution in [2.75, 3.05) is 10.5 Å². The maximum absolute atomic E-state index is 12.0. The molecule has 4 nitrogen and oxygen atoms in total. The summed E-state index contributed by atoms with van der Waals surface area (Å²) in [5.74, 6) is 0.0477. The number of nitrogens with zero attached hydrogens (tertiary/aromatic N) is 1. The lowest BCUT2D eigenvalue weighted by Gasteiger charge is -2.09. The Morgan fingerprint density at radius 2 is 1.95 bits per heavy atom. The van der Waals surface area contributed by atoms with Gasteiger partial charge in [-0.05, 0) is 46.5 Å². The fourth-order valence-electron chi connectivity index (χ4n) is 1.74. The topological polar surface area (TPSA) is 59.1 Å². The lowest BCUT2D eigenvalue weighted by molar-refractivity contribution is 0.600. The molecule has 2 aromatic rings. The molecule has 0 aliphatic heterocycles. The Kier molecular flexibility index (Phi) is 4.77. The fourth-order valence-corrected chi connectivity index (χ4v) is 3.04. The number of hydrogen-bond donors (Lipinski definition) is 1. The third kappa shape index (κ3) is 4.31. The highest BCUT2D eigenvalue weighted by Gasteiger charge is 2.11. The molecule has 0 unspecified atom stereocenters. The van der Waals surface area contributed by atoms with Gasteiger partial charge in [0, 0.05) is 0 Å². The van der Waals surface area contributed by atoms with Crippen molar-refractivity contribution in [2.24, 2.45) is 0 Å². The number of anilines is 1. The first-order chi connectivity index (χ1) is 9.46. The van der Waals surface area contributed by atoms with Crippen LogP contribution in [-0.2, 0) is 16.4 Å². The Bertz CT molecular complexity index is 688. The average molecular weight is 355 g/mol. The lowest BCUT2D eigenvalue weighted by atomic mass is 10.2.